The zero-order chi connectivity index (χ0) is 20.3. The van der Waals surface area contributed by atoms with Crippen molar-refractivity contribution in [3.8, 4) is 0 Å². The van der Waals surface area contributed by atoms with Crippen LogP contribution in [0.25, 0.3) is 0 Å². The van der Waals surface area contributed by atoms with Gasteiger partial charge < -0.3 is 5.32 Å². The van der Waals surface area contributed by atoms with Crippen LogP contribution in [-0.2, 0) is 14.4 Å². The molecule has 154 valence electrons. The van der Waals surface area contributed by atoms with Gasteiger partial charge in [0.05, 0.1) is 0 Å². The maximum Gasteiger partial charge on any atom is 0.334 e. The molecule has 2 atom stereocenters. The molecule has 28 heavy (non-hydrogen) atoms. The lowest BCUT2D eigenvalue weighted by molar-refractivity contribution is -0.145. The van der Waals surface area contributed by atoms with E-state index >= 15 is 0 Å². The van der Waals surface area contributed by atoms with Gasteiger partial charge in [0.1, 0.15) is 6.54 Å². The largest absolute Gasteiger partial charge is 0.335 e. The summed E-state index contributed by atoms with van der Waals surface area (Å²) in [6.07, 6.45) is 8.42. The van der Waals surface area contributed by atoms with Crippen LogP contribution in [0.15, 0.2) is 0 Å². The maximum absolute atomic E-state index is 12.6. The smallest absolute Gasteiger partial charge is 0.334 e. The number of imide groups is 3. The maximum atomic E-state index is 12.6. The zero-order valence-electron chi connectivity index (χ0n) is 16.2. The van der Waals surface area contributed by atoms with Gasteiger partial charge >= 0.3 is 23.9 Å². The molecular formula is C19H28N4O5. The Labute approximate surface area is 164 Å². The Kier molecular flexibility index (Phi) is 6.31. The van der Waals surface area contributed by atoms with Gasteiger partial charge in [0.2, 0.25) is 5.91 Å². The van der Waals surface area contributed by atoms with Crippen molar-refractivity contribution in [2.45, 2.75) is 76.8 Å². The van der Waals surface area contributed by atoms with Crippen LogP contribution in [0, 0.1) is 5.92 Å². The van der Waals surface area contributed by atoms with E-state index in [-0.39, 0.29) is 18.0 Å². The van der Waals surface area contributed by atoms with E-state index in [9.17, 15) is 24.0 Å². The number of urea groups is 2. The fourth-order valence-corrected chi connectivity index (χ4v) is 4.41. The summed E-state index contributed by atoms with van der Waals surface area (Å²) in [6, 6.07) is -1.70. The van der Waals surface area contributed by atoms with Crippen LogP contribution in [-0.4, -0.2) is 58.2 Å². The number of amides is 7. The molecule has 2 N–H and O–H groups in total. The van der Waals surface area contributed by atoms with Crippen molar-refractivity contribution in [3.05, 3.63) is 0 Å². The summed E-state index contributed by atoms with van der Waals surface area (Å²) < 4.78 is 0. The first-order valence-corrected chi connectivity index (χ1v) is 10.2. The van der Waals surface area contributed by atoms with Gasteiger partial charge in [0.25, 0.3) is 0 Å². The SMILES string of the molecule is C[C@H]1CCCC[C@@H]1N1C(=O)C(=O)N(CC(=O)NC(=O)NC2CCCCC2)C1=O. The van der Waals surface area contributed by atoms with E-state index in [1.54, 1.807) is 0 Å². The summed E-state index contributed by atoms with van der Waals surface area (Å²) in [5, 5.41) is 4.88. The van der Waals surface area contributed by atoms with Gasteiger partial charge in [-0.25, -0.2) is 14.5 Å². The van der Waals surface area contributed by atoms with E-state index in [4.69, 9.17) is 0 Å². The van der Waals surface area contributed by atoms with Gasteiger partial charge in [0.15, 0.2) is 0 Å². The van der Waals surface area contributed by atoms with Crippen molar-refractivity contribution < 1.29 is 24.0 Å². The molecule has 7 amide bonds. The molecule has 2 saturated carbocycles. The molecule has 0 aromatic heterocycles. The summed E-state index contributed by atoms with van der Waals surface area (Å²) in [4.78, 5) is 63.0. The first-order valence-electron chi connectivity index (χ1n) is 10.2. The average Bonchev–Trinajstić information content (AvgIpc) is 2.86. The second kappa shape index (κ2) is 8.70. The van der Waals surface area contributed by atoms with Crippen LogP contribution in [0.1, 0.15) is 64.7 Å². The van der Waals surface area contributed by atoms with Gasteiger partial charge in [-0.05, 0) is 31.6 Å². The zero-order valence-corrected chi connectivity index (χ0v) is 16.2. The predicted molar refractivity (Wildman–Crippen MR) is 98.9 cm³/mol. The summed E-state index contributed by atoms with van der Waals surface area (Å²) in [7, 11) is 0. The molecule has 0 bridgehead atoms. The van der Waals surface area contributed by atoms with Crippen molar-refractivity contribution in [1.29, 1.82) is 0 Å². The summed E-state index contributed by atoms with van der Waals surface area (Å²) in [6.45, 7) is 1.32. The highest BCUT2D eigenvalue weighted by Gasteiger charge is 2.49. The lowest BCUT2D eigenvalue weighted by Crippen LogP contribution is -2.49. The number of carbonyl (C=O) groups excluding carboxylic acids is 5. The van der Waals surface area contributed by atoms with Crippen LogP contribution in [0.2, 0.25) is 0 Å². The minimum atomic E-state index is -1.01. The van der Waals surface area contributed by atoms with Crippen LogP contribution in [0.5, 0.6) is 0 Å². The number of hydrogen-bond acceptors (Lipinski definition) is 5. The van der Waals surface area contributed by atoms with Crippen LogP contribution in [0.4, 0.5) is 9.59 Å². The quantitative estimate of drug-likeness (QED) is 0.556. The van der Waals surface area contributed by atoms with E-state index in [2.05, 4.69) is 10.6 Å². The third-order valence-electron chi connectivity index (χ3n) is 5.98. The number of rotatable bonds is 4. The molecule has 3 rings (SSSR count). The summed E-state index contributed by atoms with van der Waals surface area (Å²) in [5.41, 5.74) is 0. The van der Waals surface area contributed by atoms with Gasteiger partial charge in [0, 0.05) is 12.1 Å². The fraction of sp³-hybridized carbons (Fsp3) is 0.737. The van der Waals surface area contributed by atoms with Crippen molar-refractivity contribution >= 4 is 29.8 Å². The van der Waals surface area contributed by atoms with E-state index in [1.807, 2.05) is 6.92 Å². The van der Waals surface area contributed by atoms with E-state index in [1.165, 1.54) is 0 Å². The molecule has 0 spiro atoms. The Morgan fingerprint density at radius 3 is 2.25 bits per heavy atom. The first-order chi connectivity index (χ1) is 13.4. The minimum absolute atomic E-state index is 0.0291. The Hall–Kier alpha value is -2.45. The highest BCUT2D eigenvalue weighted by molar-refractivity contribution is 6.45. The van der Waals surface area contributed by atoms with Gasteiger partial charge in [-0.15, -0.1) is 0 Å². The van der Waals surface area contributed by atoms with E-state index in [0.717, 1.165) is 56.3 Å². The van der Waals surface area contributed by atoms with E-state index in [0.29, 0.717) is 11.3 Å². The predicted octanol–water partition coefficient (Wildman–Crippen LogP) is 1.51. The second-order valence-corrected chi connectivity index (χ2v) is 8.03. The number of carbonyl (C=O) groups is 5. The normalized spacial score (nSPS) is 26.5. The third kappa shape index (κ3) is 4.34. The molecule has 9 nitrogen and oxygen atoms in total. The van der Waals surface area contributed by atoms with Crippen molar-refractivity contribution in [1.82, 2.24) is 20.4 Å². The Morgan fingerprint density at radius 1 is 0.929 bits per heavy atom. The molecule has 9 heteroatoms. The number of nitrogens with one attached hydrogen (secondary N) is 2. The number of nitrogens with zero attached hydrogens (tertiary/aromatic N) is 2. The van der Waals surface area contributed by atoms with E-state index < -0.39 is 36.3 Å². The minimum Gasteiger partial charge on any atom is -0.335 e. The van der Waals surface area contributed by atoms with Crippen LogP contribution in [0.3, 0.4) is 0 Å². The Balaban J connectivity index is 1.56. The van der Waals surface area contributed by atoms with Crippen LogP contribution >= 0.6 is 0 Å². The molecule has 1 heterocycles. The van der Waals surface area contributed by atoms with Crippen molar-refractivity contribution in [2.24, 2.45) is 5.92 Å². The van der Waals surface area contributed by atoms with Crippen molar-refractivity contribution in [3.63, 3.8) is 0 Å². The Bertz CT molecular complexity index is 673. The lowest BCUT2D eigenvalue weighted by Gasteiger charge is -2.34. The molecule has 0 aromatic carbocycles. The average molecular weight is 392 g/mol. The van der Waals surface area contributed by atoms with Gasteiger partial charge in [-0.1, -0.05) is 39.0 Å². The highest BCUT2D eigenvalue weighted by atomic mass is 16.2. The molecule has 3 fully saturated rings. The molecule has 1 aliphatic heterocycles. The highest BCUT2D eigenvalue weighted by Crippen LogP contribution is 2.31. The van der Waals surface area contributed by atoms with Gasteiger partial charge in [-0.3, -0.25) is 24.6 Å². The lowest BCUT2D eigenvalue weighted by atomic mass is 9.85. The second-order valence-electron chi connectivity index (χ2n) is 8.03. The Morgan fingerprint density at radius 2 is 1.57 bits per heavy atom. The standard InChI is InChI=1S/C19H28N4O5/c1-12-7-5-6-10-14(12)23-17(26)16(25)22(19(23)28)11-15(24)21-18(27)20-13-8-3-2-4-9-13/h12-14H,2-11H2,1H3,(H2,20,21,24,27)/t12-,14-/m0/s1. The fourth-order valence-electron chi connectivity index (χ4n) is 4.41. The molecule has 0 aromatic rings. The monoisotopic (exact) mass is 392 g/mol. The third-order valence-corrected chi connectivity index (χ3v) is 5.98. The molecule has 1 saturated heterocycles. The molecular weight excluding hydrogens is 364 g/mol. The molecule has 3 aliphatic rings. The topological polar surface area (TPSA) is 116 Å². The number of hydrogen-bond donors (Lipinski definition) is 2. The van der Waals surface area contributed by atoms with Crippen LogP contribution < -0.4 is 10.6 Å². The first kappa shape index (κ1) is 20.3. The molecule has 2 aliphatic carbocycles. The van der Waals surface area contributed by atoms with Crippen molar-refractivity contribution in [2.75, 3.05) is 6.54 Å². The van der Waals surface area contributed by atoms with Gasteiger partial charge in [-0.2, -0.15) is 0 Å². The summed E-state index contributed by atoms with van der Waals surface area (Å²) in [5.74, 6) is -2.57. The molecule has 0 unspecified atom stereocenters. The molecule has 0 radical (unpaired) electrons. The summed E-state index contributed by atoms with van der Waals surface area (Å²) >= 11 is 0.